The summed E-state index contributed by atoms with van der Waals surface area (Å²) in [5.41, 5.74) is -1.27. The van der Waals surface area contributed by atoms with Gasteiger partial charge in [-0.1, -0.05) is 12.0 Å². The number of nitrogens with zero attached hydrogens (tertiary/aromatic N) is 5. The molecule has 9 nitrogen and oxygen atoms in total. The van der Waals surface area contributed by atoms with Crippen LogP contribution in [-0.2, 0) is 0 Å². The van der Waals surface area contributed by atoms with E-state index in [0.29, 0.717) is 49.1 Å². The molecule has 5 aliphatic rings. The van der Waals surface area contributed by atoms with Crippen LogP contribution in [0.1, 0.15) is 44.1 Å². The maximum absolute atomic E-state index is 17.1. The number of pyridine rings is 1. The van der Waals surface area contributed by atoms with Crippen LogP contribution in [0.5, 0.6) is 17.6 Å². The molecule has 0 radical (unpaired) electrons. The lowest BCUT2D eigenvalue weighted by Crippen LogP contribution is -2.51. The number of phenols is 1. The number of benzene rings is 2. The second kappa shape index (κ2) is 11.1. The Balaban J connectivity index is 1.15. The van der Waals surface area contributed by atoms with Gasteiger partial charge in [0.1, 0.15) is 39.7 Å². The lowest BCUT2D eigenvalue weighted by atomic mass is 9.95. The predicted octanol–water partition coefficient (Wildman–Crippen LogP) is 5.35. The number of fused-ring (bicyclic) bond motifs is 5. The Bertz CT molecular complexity index is 2060. The van der Waals surface area contributed by atoms with Crippen LogP contribution in [0.25, 0.3) is 32.9 Å². The molecule has 2 aromatic carbocycles. The molecule has 9 rings (SSSR count). The van der Waals surface area contributed by atoms with E-state index in [-0.39, 0.29) is 68.8 Å². The number of halogens is 3. The fraction of sp³-hybridized carbons (Fsp3) is 0.486. The number of piperidine rings is 1. The number of ether oxygens (including phenoxy) is 2. The third kappa shape index (κ3) is 5.20. The van der Waals surface area contributed by atoms with E-state index < -0.39 is 17.3 Å². The van der Waals surface area contributed by atoms with E-state index in [0.717, 1.165) is 45.3 Å². The van der Waals surface area contributed by atoms with Crippen LogP contribution in [0.4, 0.5) is 19.0 Å². The smallest absolute Gasteiger partial charge is 0.319 e. The summed E-state index contributed by atoms with van der Waals surface area (Å²) in [4.78, 5) is 18.6. The molecule has 3 saturated heterocycles. The second-order valence-corrected chi connectivity index (χ2v) is 14.7. The summed E-state index contributed by atoms with van der Waals surface area (Å²) in [6.45, 7) is 4.00. The number of rotatable bonds is 8. The number of likely N-dealkylation sites (tertiary alicyclic amines) is 1. The van der Waals surface area contributed by atoms with Crippen molar-refractivity contribution in [3.63, 3.8) is 0 Å². The Morgan fingerprint density at radius 1 is 1.06 bits per heavy atom. The number of terminal acetylenes is 1. The van der Waals surface area contributed by atoms with Crippen LogP contribution in [0.15, 0.2) is 24.3 Å². The molecule has 5 fully saturated rings. The summed E-state index contributed by atoms with van der Waals surface area (Å²) in [5.74, 6) is 1.46. The fourth-order valence-electron chi connectivity index (χ4n) is 8.44. The number of nitrogens with one attached hydrogen (secondary N) is 1. The number of methoxy groups -OCH3 is 1. The van der Waals surface area contributed by atoms with Gasteiger partial charge in [-0.3, -0.25) is 0 Å². The van der Waals surface area contributed by atoms with Crippen LogP contribution in [0.2, 0.25) is 0 Å². The van der Waals surface area contributed by atoms with Crippen molar-refractivity contribution < 1.29 is 27.8 Å². The van der Waals surface area contributed by atoms with E-state index in [2.05, 4.69) is 31.0 Å². The number of hydrogen-bond donors (Lipinski definition) is 2. The van der Waals surface area contributed by atoms with E-state index in [9.17, 15) is 13.9 Å². The van der Waals surface area contributed by atoms with Gasteiger partial charge in [0.2, 0.25) is 5.88 Å². The standard InChI is InChI=1S/C37H37F3N6O3/c1-3-25-27(38)7-4-20-12-24(47)13-26(28(20)25)31-30(39)32-29(34(42-31)48-2)33(46-16-22-5-6-23(17-46)41-22)44-35(43-32)49-19-36(8-9-36)18-45-11-10-37(40)14-21(37)15-45/h1,4,7,12-13,21-23,41,47H,5-6,8-11,14-19H2,2H3. The molecule has 3 aliphatic heterocycles. The molecule has 0 amide bonds. The molecular formula is C37H37F3N6O3. The molecule has 254 valence electrons. The van der Waals surface area contributed by atoms with E-state index in [1.165, 1.54) is 31.4 Å². The Kier molecular flexibility index (Phi) is 6.95. The van der Waals surface area contributed by atoms with Crippen molar-refractivity contribution >= 4 is 27.5 Å². The molecule has 5 heterocycles. The second-order valence-electron chi connectivity index (χ2n) is 14.7. The van der Waals surface area contributed by atoms with Crippen LogP contribution >= 0.6 is 0 Å². The monoisotopic (exact) mass is 670 g/mol. The third-order valence-corrected chi connectivity index (χ3v) is 11.4. The molecule has 2 aliphatic carbocycles. The minimum absolute atomic E-state index is 0.0393. The topological polar surface area (TPSA) is 95.9 Å². The number of piperazine rings is 1. The molecule has 2 saturated carbocycles. The zero-order chi connectivity index (χ0) is 33.7. The number of aromatic hydroxyl groups is 1. The van der Waals surface area contributed by atoms with Gasteiger partial charge in [0.05, 0.1) is 19.3 Å². The van der Waals surface area contributed by atoms with E-state index >= 15 is 4.39 Å². The quantitative estimate of drug-likeness (QED) is 0.241. The summed E-state index contributed by atoms with van der Waals surface area (Å²) in [7, 11) is 1.44. The van der Waals surface area contributed by atoms with Gasteiger partial charge in [0.15, 0.2) is 5.82 Å². The van der Waals surface area contributed by atoms with Crippen molar-refractivity contribution in [1.82, 2.24) is 25.2 Å². The van der Waals surface area contributed by atoms with Gasteiger partial charge >= 0.3 is 6.01 Å². The normalized spacial score (nSPS) is 26.8. The minimum Gasteiger partial charge on any atom is -0.508 e. The predicted molar refractivity (Wildman–Crippen MR) is 179 cm³/mol. The van der Waals surface area contributed by atoms with Crippen molar-refractivity contribution in [2.45, 2.75) is 56.3 Å². The summed E-state index contributed by atoms with van der Waals surface area (Å²) < 4.78 is 58.7. The molecule has 0 spiro atoms. The summed E-state index contributed by atoms with van der Waals surface area (Å²) in [6.07, 6.45) is 11.0. The lowest BCUT2D eigenvalue weighted by Gasteiger charge is -2.34. The molecule has 4 aromatic rings. The van der Waals surface area contributed by atoms with Gasteiger partial charge in [0.25, 0.3) is 0 Å². The highest BCUT2D eigenvalue weighted by atomic mass is 19.1. The average molecular weight is 671 g/mol. The largest absolute Gasteiger partial charge is 0.508 e. The number of phenolic OH excluding ortho intramolecular Hbond substituents is 1. The Morgan fingerprint density at radius 2 is 1.86 bits per heavy atom. The molecule has 2 N–H and O–H groups in total. The zero-order valence-electron chi connectivity index (χ0n) is 27.2. The van der Waals surface area contributed by atoms with Crippen LogP contribution < -0.4 is 19.7 Å². The maximum atomic E-state index is 17.1. The average Bonchev–Trinajstić information content (AvgIpc) is 3.99. The van der Waals surface area contributed by atoms with E-state index in [4.69, 9.17) is 20.9 Å². The molecule has 4 unspecified atom stereocenters. The number of hydrogen-bond acceptors (Lipinski definition) is 9. The maximum Gasteiger partial charge on any atom is 0.319 e. The highest BCUT2D eigenvalue weighted by molar-refractivity contribution is 6.04. The highest BCUT2D eigenvalue weighted by Gasteiger charge is 2.58. The van der Waals surface area contributed by atoms with Gasteiger partial charge in [-0.25, -0.2) is 18.2 Å². The Morgan fingerprint density at radius 3 is 2.57 bits per heavy atom. The highest BCUT2D eigenvalue weighted by Crippen LogP contribution is 2.54. The molecule has 12 heteroatoms. The molecular weight excluding hydrogens is 633 g/mol. The van der Waals surface area contributed by atoms with E-state index in [1.807, 2.05) is 0 Å². The van der Waals surface area contributed by atoms with Gasteiger partial charge in [-0.05, 0) is 62.1 Å². The van der Waals surface area contributed by atoms with Crippen molar-refractivity contribution in [3.05, 3.63) is 41.5 Å². The summed E-state index contributed by atoms with van der Waals surface area (Å²) in [6, 6.07) is 6.02. The van der Waals surface area contributed by atoms with Crippen molar-refractivity contribution in [2.24, 2.45) is 11.3 Å². The number of aromatic nitrogens is 3. The van der Waals surface area contributed by atoms with Gasteiger partial charge in [-0.15, -0.1) is 6.42 Å². The first-order valence-electron chi connectivity index (χ1n) is 17.1. The van der Waals surface area contributed by atoms with Gasteiger partial charge in [0, 0.05) is 67.1 Å². The molecule has 2 aromatic heterocycles. The molecule has 49 heavy (non-hydrogen) atoms. The van der Waals surface area contributed by atoms with Crippen molar-refractivity contribution in [3.8, 4) is 41.2 Å². The first-order valence-corrected chi connectivity index (χ1v) is 17.1. The van der Waals surface area contributed by atoms with Crippen LogP contribution in [0.3, 0.4) is 0 Å². The fourth-order valence-corrected chi connectivity index (χ4v) is 8.44. The van der Waals surface area contributed by atoms with Crippen LogP contribution in [0, 0.1) is 35.3 Å². The van der Waals surface area contributed by atoms with Gasteiger partial charge in [-0.2, -0.15) is 9.97 Å². The van der Waals surface area contributed by atoms with Crippen LogP contribution in [-0.4, -0.2) is 89.2 Å². The summed E-state index contributed by atoms with van der Waals surface area (Å²) in [5, 5.41) is 15.2. The van der Waals surface area contributed by atoms with Crippen molar-refractivity contribution in [2.75, 3.05) is 51.3 Å². The first-order chi connectivity index (χ1) is 23.7. The van der Waals surface area contributed by atoms with Gasteiger partial charge < -0.3 is 29.7 Å². The zero-order valence-corrected chi connectivity index (χ0v) is 27.2. The summed E-state index contributed by atoms with van der Waals surface area (Å²) >= 11 is 0. The third-order valence-electron chi connectivity index (χ3n) is 11.4. The lowest BCUT2D eigenvalue weighted by molar-refractivity contribution is 0.102. The Labute approximate surface area is 281 Å². The number of anilines is 1. The SMILES string of the molecule is C#Cc1c(F)ccc2cc(O)cc(-c3nc(OC)c4c(N5CC6CCC(C5)N6)nc(OCC5(CN6CCC7(F)CC7C6)CC5)nc4c3F)c12. The number of alkyl halides is 1. The van der Waals surface area contributed by atoms with Crippen molar-refractivity contribution in [1.29, 1.82) is 0 Å². The van der Waals surface area contributed by atoms with E-state index in [1.54, 1.807) is 0 Å². The minimum atomic E-state index is -0.956. The Hall–Kier alpha value is -4.34. The molecule has 2 bridgehead atoms. The molecule has 4 atom stereocenters. The first kappa shape index (κ1) is 30.7.